The van der Waals surface area contributed by atoms with Gasteiger partial charge in [0.05, 0.1) is 12.5 Å². The van der Waals surface area contributed by atoms with Gasteiger partial charge in [-0.2, -0.15) is 0 Å². The first kappa shape index (κ1) is 17.5. The van der Waals surface area contributed by atoms with Crippen LogP contribution in [0.1, 0.15) is 46.5 Å². The van der Waals surface area contributed by atoms with Crippen molar-refractivity contribution < 1.29 is 17.7 Å². The van der Waals surface area contributed by atoms with E-state index in [2.05, 4.69) is 13.8 Å². The summed E-state index contributed by atoms with van der Waals surface area (Å²) < 4.78 is 30.9. The molecule has 0 aromatic carbocycles. The first-order chi connectivity index (χ1) is 8.30. The van der Waals surface area contributed by atoms with Crippen LogP contribution in [0, 0.1) is 11.8 Å². The number of unbranched alkanes of at least 4 members (excludes halogenated alkanes) is 1. The molecule has 2 nitrogen and oxygen atoms in total. The Hall–Kier alpha value is -0.453. The summed E-state index contributed by atoms with van der Waals surface area (Å²) in [5, 5.41) is 0. The van der Waals surface area contributed by atoms with Crippen molar-refractivity contribution in [1.82, 2.24) is 0 Å². The van der Waals surface area contributed by atoms with Crippen LogP contribution in [0.3, 0.4) is 0 Å². The highest BCUT2D eigenvalue weighted by Crippen LogP contribution is 2.21. The fourth-order valence-corrected chi connectivity index (χ4v) is 3.10. The molecule has 0 N–H and O–H groups in total. The summed E-state index contributed by atoms with van der Waals surface area (Å²) in [4.78, 5) is 11.6. The van der Waals surface area contributed by atoms with Crippen molar-refractivity contribution in [2.75, 3.05) is 6.61 Å². The number of carbonyl (C=O) groups excluding carboxylic acids is 1. The lowest BCUT2D eigenvalue weighted by molar-refractivity contribution is -0.148. The molecule has 0 radical (unpaired) electrons. The van der Waals surface area contributed by atoms with E-state index in [1.54, 1.807) is 0 Å². The molecule has 0 aliphatic heterocycles. The summed E-state index contributed by atoms with van der Waals surface area (Å²) in [6.45, 7) is 7.04. The minimum atomic E-state index is -4.17. The van der Waals surface area contributed by atoms with Crippen molar-refractivity contribution in [3.05, 3.63) is 0 Å². The van der Waals surface area contributed by atoms with Crippen LogP contribution in [0.15, 0.2) is 0 Å². The van der Waals surface area contributed by atoms with Gasteiger partial charge in [-0.05, 0) is 18.9 Å². The Labute approximate surface area is 110 Å². The SMILES string of the molecule is CCCCC(CC)COC(=O)C(C)C[Si](C)(F)F. The Morgan fingerprint density at radius 2 is 1.94 bits per heavy atom. The zero-order valence-corrected chi connectivity index (χ0v) is 13.0. The quantitative estimate of drug-likeness (QED) is 0.355. The van der Waals surface area contributed by atoms with Gasteiger partial charge in [0.2, 0.25) is 0 Å². The van der Waals surface area contributed by atoms with Crippen molar-refractivity contribution in [3.63, 3.8) is 0 Å². The number of rotatable bonds is 9. The fourth-order valence-electron chi connectivity index (χ4n) is 1.86. The molecule has 0 heterocycles. The molecule has 0 aliphatic rings. The van der Waals surface area contributed by atoms with E-state index in [1.165, 1.54) is 6.92 Å². The summed E-state index contributed by atoms with van der Waals surface area (Å²) in [6.07, 6.45) is 4.23. The maximum absolute atomic E-state index is 12.9. The molecule has 0 aromatic heterocycles. The molecule has 0 saturated carbocycles. The lowest BCUT2D eigenvalue weighted by atomic mass is 10.0. The summed E-state index contributed by atoms with van der Waals surface area (Å²) in [6, 6.07) is -0.308. The van der Waals surface area contributed by atoms with Gasteiger partial charge in [0.1, 0.15) is 0 Å². The van der Waals surface area contributed by atoms with Gasteiger partial charge in [-0.25, -0.2) is 0 Å². The summed E-state index contributed by atoms with van der Waals surface area (Å²) in [7, 11) is -4.17. The lowest BCUT2D eigenvalue weighted by Gasteiger charge is -2.18. The second kappa shape index (κ2) is 8.61. The van der Waals surface area contributed by atoms with Crippen LogP contribution in [0.4, 0.5) is 8.22 Å². The average molecular weight is 280 g/mol. The molecule has 2 atom stereocenters. The van der Waals surface area contributed by atoms with Crippen LogP contribution in [0.25, 0.3) is 0 Å². The fraction of sp³-hybridized carbons (Fsp3) is 0.923. The lowest BCUT2D eigenvalue weighted by Crippen LogP contribution is -2.27. The molecule has 0 fully saturated rings. The Balaban J connectivity index is 3.99. The number of hydrogen-bond acceptors (Lipinski definition) is 2. The van der Waals surface area contributed by atoms with Crippen molar-refractivity contribution >= 4 is 14.7 Å². The Kier molecular flexibility index (Phi) is 8.40. The number of ether oxygens (including phenoxy) is 1. The molecule has 108 valence electrons. The van der Waals surface area contributed by atoms with E-state index in [9.17, 15) is 13.0 Å². The van der Waals surface area contributed by atoms with Crippen LogP contribution < -0.4 is 0 Å². The second-order valence-corrected chi connectivity index (χ2v) is 7.77. The van der Waals surface area contributed by atoms with Crippen LogP contribution in [0.2, 0.25) is 12.6 Å². The van der Waals surface area contributed by atoms with Gasteiger partial charge in [-0.1, -0.05) is 40.0 Å². The average Bonchev–Trinajstić information content (AvgIpc) is 2.26. The highest BCUT2D eigenvalue weighted by Gasteiger charge is 2.33. The highest BCUT2D eigenvalue weighted by molar-refractivity contribution is 6.64. The minimum Gasteiger partial charge on any atom is -0.465 e. The molecule has 0 bridgehead atoms. The first-order valence-electron chi connectivity index (χ1n) is 6.84. The summed E-state index contributed by atoms with van der Waals surface area (Å²) >= 11 is 0. The molecule has 0 amide bonds. The number of halogens is 2. The third kappa shape index (κ3) is 8.61. The van der Waals surface area contributed by atoms with Crippen molar-refractivity contribution in [2.45, 2.75) is 59.0 Å². The molecule has 0 aliphatic carbocycles. The van der Waals surface area contributed by atoms with Crippen LogP contribution in [-0.4, -0.2) is 21.3 Å². The number of esters is 1. The second-order valence-electron chi connectivity index (χ2n) is 5.22. The zero-order valence-electron chi connectivity index (χ0n) is 12.0. The van der Waals surface area contributed by atoms with Crippen LogP contribution >= 0.6 is 0 Å². The molecule has 0 rings (SSSR count). The van der Waals surface area contributed by atoms with Gasteiger partial charge in [0, 0.05) is 6.04 Å². The molecular formula is C13H26F2O2Si. The monoisotopic (exact) mass is 280 g/mol. The topological polar surface area (TPSA) is 26.3 Å². The van der Waals surface area contributed by atoms with Gasteiger partial charge in [-0.15, -0.1) is 0 Å². The third-order valence-corrected chi connectivity index (χ3v) is 4.40. The molecule has 2 unspecified atom stereocenters. The van der Waals surface area contributed by atoms with E-state index in [4.69, 9.17) is 4.74 Å². The standard InChI is InChI=1S/C13H26F2O2Si/c1-5-7-8-12(6-2)9-17-13(16)11(3)10-18(4,14)15/h11-12H,5-10H2,1-4H3. The number of hydrogen-bond donors (Lipinski definition) is 0. The van der Waals surface area contributed by atoms with Crippen LogP contribution in [-0.2, 0) is 9.53 Å². The molecule has 5 heteroatoms. The maximum atomic E-state index is 12.9. The van der Waals surface area contributed by atoms with E-state index in [1.807, 2.05) is 0 Å². The highest BCUT2D eigenvalue weighted by atomic mass is 28.4. The summed E-state index contributed by atoms with van der Waals surface area (Å²) in [5.74, 6) is -0.792. The zero-order chi connectivity index (χ0) is 14.2. The Bertz CT molecular complexity index is 242. The molecular weight excluding hydrogens is 254 g/mol. The van der Waals surface area contributed by atoms with E-state index >= 15 is 0 Å². The van der Waals surface area contributed by atoms with Crippen molar-refractivity contribution in [3.8, 4) is 0 Å². The minimum absolute atomic E-state index is 0.308. The smallest absolute Gasteiger partial charge is 0.422 e. The van der Waals surface area contributed by atoms with Gasteiger partial charge in [0.25, 0.3) is 0 Å². The van der Waals surface area contributed by atoms with E-state index in [0.717, 1.165) is 32.2 Å². The third-order valence-electron chi connectivity index (χ3n) is 3.07. The van der Waals surface area contributed by atoms with Gasteiger partial charge < -0.3 is 4.74 Å². The first-order valence-corrected chi connectivity index (χ1v) is 9.30. The van der Waals surface area contributed by atoms with E-state index in [0.29, 0.717) is 12.5 Å². The summed E-state index contributed by atoms with van der Waals surface area (Å²) in [5.41, 5.74) is 0. The normalized spacial score (nSPS) is 15.2. The predicted octanol–water partition coefficient (Wildman–Crippen LogP) is 4.39. The van der Waals surface area contributed by atoms with E-state index < -0.39 is 20.6 Å². The number of carbonyl (C=O) groups is 1. The predicted molar refractivity (Wildman–Crippen MR) is 72.1 cm³/mol. The molecule has 0 aromatic rings. The maximum Gasteiger partial charge on any atom is 0.422 e. The van der Waals surface area contributed by atoms with Crippen LogP contribution in [0.5, 0.6) is 0 Å². The molecule has 0 saturated heterocycles. The van der Waals surface area contributed by atoms with E-state index in [-0.39, 0.29) is 6.04 Å². The molecule has 18 heavy (non-hydrogen) atoms. The Morgan fingerprint density at radius 1 is 1.33 bits per heavy atom. The van der Waals surface area contributed by atoms with Gasteiger partial charge >= 0.3 is 14.7 Å². The largest absolute Gasteiger partial charge is 0.465 e. The van der Waals surface area contributed by atoms with Crippen molar-refractivity contribution in [2.24, 2.45) is 11.8 Å². The molecule has 0 spiro atoms. The van der Waals surface area contributed by atoms with Gasteiger partial charge in [-0.3, -0.25) is 13.0 Å². The Morgan fingerprint density at radius 3 is 2.39 bits per heavy atom. The van der Waals surface area contributed by atoms with Crippen molar-refractivity contribution in [1.29, 1.82) is 0 Å². The van der Waals surface area contributed by atoms with Gasteiger partial charge in [0.15, 0.2) is 0 Å².